The van der Waals surface area contributed by atoms with Gasteiger partial charge in [0.1, 0.15) is 15.7 Å². The molecule has 0 aliphatic carbocycles. The predicted molar refractivity (Wildman–Crippen MR) is 51.4 cm³/mol. The van der Waals surface area contributed by atoms with E-state index in [2.05, 4.69) is 4.98 Å². The summed E-state index contributed by atoms with van der Waals surface area (Å²) in [6.45, 7) is 4.25. The van der Waals surface area contributed by atoms with E-state index in [0.29, 0.717) is 6.54 Å². The third-order valence-electron chi connectivity index (χ3n) is 1.80. The average Bonchev–Trinajstić information content (AvgIpc) is 2.24. The maximum absolute atomic E-state index is 10.9. The van der Waals surface area contributed by atoms with Gasteiger partial charge in [0, 0.05) is 19.0 Å². The van der Waals surface area contributed by atoms with E-state index in [1.54, 1.807) is 0 Å². The molecule has 0 N–H and O–H groups in total. The summed E-state index contributed by atoms with van der Waals surface area (Å²) in [4.78, 5) is 4.18. The van der Waals surface area contributed by atoms with E-state index in [0.717, 1.165) is 11.5 Å². The molecular weight excluding hydrogens is 188 g/mol. The van der Waals surface area contributed by atoms with Crippen molar-refractivity contribution in [2.45, 2.75) is 20.4 Å². The Hall–Kier alpha value is -0.840. The molecule has 0 fully saturated rings. The number of hydrogen-bond acceptors (Lipinski definition) is 3. The lowest BCUT2D eigenvalue weighted by molar-refractivity contribution is 0.593. The van der Waals surface area contributed by atoms with Crippen molar-refractivity contribution in [1.82, 2.24) is 9.55 Å². The number of aryl methyl sites for hydroxylation is 3. The van der Waals surface area contributed by atoms with Gasteiger partial charge in [-0.05, 0) is 13.8 Å². The fourth-order valence-electron chi connectivity index (χ4n) is 1.16. The van der Waals surface area contributed by atoms with Crippen LogP contribution in [0.15, 0.2) is 6.20 Å². The Morgan fingerprint density at radius 3 is 2.46 bits per heavy atom. The van der Waals surface area contributed by atoms with Crippen molar-refractivity contribution < 1.29 is 8.42 Å². The normalized spacial score (nSPS) is 11.9. The molecule has 1 rings (SSSR count). The number of rotatable bonds is 3. The summed E-state index contributed by atoms with van der Waals surface area (Å²) in [7, 11) is -2.88. The van der Waals surface area contributed by atoms with Crippen molar-refractivity contribution in [2.75, 3.05) is 12.0 Å². The van der Waals surface area contributed by atoms with E-state index in [9.17, 15) is 8.42 Å². The highest BCUT2D eigenvalue weighted by Gasteiger charge is 2.05. The molecule has 0 amide bonds. The van der Waals surface area contributed by atoms with E-state index in [4.69, 9.17) is 0 Å². The summed E-state index contributed by atoms with van der Waals surface area (Å²) >= 11 is 0. The second kappa shape index (κ2) is 3.49. The monoisotopic (exact) mass is 202 g/mol. The van der Waals surface area contributed by atoms with Crippen molar-refractivity contribution in [3.8, 4) is 0 Å². The van der Waals surface area contributed by atoms with Gasteiger partial charge < -0.3 is 4.57 Å². The fraction of sp³-hybridized carbons (Fsp3) is 0.625. The van der Waals surface area contributed by atoms with Gasteiger partial charge in [0.25, 0.3) is 0 Å². The molecule has 0 aromatic carbocycles. The number of imidazole rings is 1. The topological polar surface area (TPSA) is 52.0 Å². The molecule has 1 aromatic rings. The summed E-state index contributed by atoms with van der Waals surface area (Å²) in [6, 6.07) is 0. The Morgan fingerprint density at radius 2 is 2.08 bits per heavy atom. The van der Waals surface area contributed by atoms with Crippen molar-refractivity contribution in [2.24, 2.45) is 0 Å². The lowest BCUT2D eigenvalue weighted by atomic mass is 10.6. The second-order valence-corrected chi connectivity index (χ2v) is 5.51. The van der Waals surface area contributed by atoms with E-state index >= 15 is 0 Å². The Morgan fingerprint density at radius 1 is 1.46 bits per heavy atom. The molecule has 0 saturated carbocycles. The van der Waals surface area contributed by atoms with Crippen LogP contribution in [0.5, 0.6) is 0 Å². The maximum atomic E-state index is 10.9. The zero-order chi connectivity index (χ0) is 10.1. The third kappa shape index (κ3) is 3.18. The SMILES string of the molecule is Cc1cn(CCS(C)(=O)=O)c(C)n1. The lowest BCUT2D eigenvalue weighted by Gasteiger charge is -2.02. The molecule has 1 aromatic heterocycles. The van der Waals surface area contributed by atoms with Crippen LogP contribution in [0.3, 0.4) is 0 Å². The van der Waals surface area contributed by atoms with Gasteiger partial charge in [0.05, 0.1) is 11.4 Å². The zero-order valence-electron chi connectivity index (χ0n) is 8.11. The molecule has 0 atom stereocenters. The molecule has 74 valence electrons. The second-order valence-electron chi connectivity index (χ2n) is 3.25. The molecule has 0 radical (unpaired) electrons. The van der Waals surface area contributed by atoms with Gasteiger partial charge >= 0.3 is 0 Å². The van der Waals surface area contributed by atoms with Crippen LogP contribution in [0.25, 0.3) is 0 Å². The summed E-state index contributed by atoms with van der Waals surface area (Å²) in [5.41, 5.74) is 0.922. The summed E-state index contributed by atoms with van der Waals surface area (Å²) in [5.74, 6) is 1.03. The van der Waals surface area contributed by atoms with Gasteiger partial charge in [0.2, 0.25) is 0 Å². The highest BCUT2D eigenvalue weighted by molar-refractivity contribution is 7.90. The van der Waals surface area contributed by atoms with Crippen molar-refractivity contribution in [1.29, 1.82) is 0 Å². The van der Waals surface area contributed by atoms with Crippen LogP contribution in [0.4, 0.5) is 0 Å². The van der Waals surface area contributed by atoms with Gasteiger partial charge in [-0.1, -0.05) is 0 Å². The fourth-order valence-corrected chi connectivity index (χ4v) is 1.69. The molecule has 1 heterocycles. The number of sulfone groups is 1. The first-order valence-corrected chi connectivity index (χ1v) is 6.12. The Balaban J connectivity index is 2.70. The number of nitrogens with zero attached hydrogens (tertiary/aromatic N) is 2. The molecule has 0 spiro atoms. The average molecular weight is 202 g/mol. The Kier molecular flexibility index (Phi) is 2.75. The van der Waals surface area contributed by atoms with Gasteiger partial charge in [0.15, 0.2) is 0 Å². The van der Waals surface area contributed by atoms with Crippen molar-refractivity contribution in [3.05, 3.63) is 17.7 Å². The standard InChI is InChI=1S/C8H14N2O2S/c1-7-6-10(8(2)9-7)4-5-13(3,11)12/h6H,4-5H2,1-3H3. The summed E-state index contributed by atoms with van der Waals surface area (Å²) in [5, 5.41) is 0. The van der Waals surface area contributed by atoms with Crippen LogP contribution in [0.2, 0.25) is 0 Å². The van der Waals surface area contributed by atoms with Crippen LogP contribution in [-0.4, -0.2) is 30.0 Å². The predicted octanol–water partition coefficient (Wildman–Crippen LogP) is 0.545. The first-order valence-electron chi connectivity index (χ1n) is 4.06. The van der Waals surface area contributed by atoms with Crippen LogP contribution in [0.1, 0.15) is 11.5 Å². The van der Waals surface area contributed by atoms with Gasteiger partial charge in [-0.25, -0.2) is 13.4 Å². The summed E-state index contributed by atoms with van der Waals surface area (Å²) < 4.78 is 23.6. The van der Waals surface area contributed by atoms with Crippen LogP contribution in [0, 0.1) is 13.8 Å². The van der Waals surface area contributed by atoms with E-state index in [1.807, 2.05) is 24.6 Å². The number of hydrogen-bond donors (Lipinski definition) is 0. The molecule has 0 bridgehead atoms. The van der Waals surface area contributed by atoms with E-state index in [-0.39, 0.29) is 5.75 Å². The summed E-state index contributed by atoms with van der Waals surface area (Å²) in [6.07, 6.45) is 3.10. The first kappa shape index (κ1) is 10.2. The van der Waals surface area contributed by atoms with Crippen LogP contribution >= 0.6 is 0 Å². The van der Waals surface area contributed by atoms with Gasteiger partial charge in [-0.3, -0.25) is 0 Å². The highest BCUT2D eigenvalue weighted by Crippen LogP contribution is 2.01. The minimum absolute atomic E-state index is 0.170. The largest absolute Gasteiger partial charge is 0.334 e. The van der Waals surface area contributed by atoms with Gasteiger partial charge in [-0.2, -0.15) is 0 Å². The molecular formula is C8H14N2O2S. The zero-order valence-corrected chi connectivity index (χ0v) is 8.93. The first-order chi connectivity index (χ1) is 5.88. The molecule has 0 aliphatic heterocycles. The molecule has 0 aliphatic rings. The van der Waals surface area contributed by atoms with Crippen LogP contribution in [-0.2, 0) is 16.4 Å². The van der Waals surface area contributed by atoms with E-state index < -0.39 is 9.84 Å². The molecule has 5 heteroatoms. The van der Waals surface area contributed by atoms with Crippen molar-refractivity contribution >= 4 is 9.84 Å². The quantitative estimate of drug-likeness (QED) is 0.719. The van der Waals surface area contributed by atoms with Crippen LogP contribution < -0.4 is 0 Å². The van der Waals surface area contributed by atoms with Crippen molar-refractivity contribution in [3.63, 3.8) is 0 Å². The molecule has 0 saturated heterocycles. The smallest absolute Gasteiger partial charge is 0.149 e. The molecule has 4 nitrogen and oxygen atoms in total. The molecule has 13 heavy (non-hydrogen) atoms. The lowest BCUT2D eigenvalue weighted by Crippen LogP contribution is -2.11. The van der Waals surface area contributed by atoms with E-state index in [1.165, 1.54) is 6.26 Å². The number of aromatic nitrogens is 2. The Labute approximate surface area is 78.5 Å². The van der Waals surface area contributed by atoms with Gasteiger partial charge in [-0.15, -0.1) is 0 Å². The minimum Gasteiger partial charge on any atom is -0.334 e. The highest BCUT2D eigenvalue weighted by atomic mass is 32.2. The minimum atomic E-state index is -2.88. The maximum Gasteiger partial charge on any atom is 0.149 e. The third-order valence-corrected chi connectivity index (χ3v) is 2.72. The Bertz CT molecular complexity index is 392. The molecule has 0 unspecified atom stereocenters.